The Hall–Kier alpha value is -2.17. The molecule has 92 valence electrons. The summed E-state index contributed by atoms with van der Waals surface area (Å²) in [7, 11) is 0. The second-order valence-corrected chi connectivity index (χ2v) is 4.41. The molecular formula is C13H13N3O2. The highest BCUT2D eigenvalue weighted by Gasteiger charge is 2.25. The molecule has 18 heavy (non-hydrogen) atoms. The summed E-state index contributed by atoms with van der Waals surface area (Å²) in [6.45, 7) is 0. The second kappa shape index (κ2) is 4.25. The van der Waals surface area contributed by atoms with Crippen molar-refractivity contribution in [3.8, 4) is 5.69 Å². The number of carbonyl (C=O) groups is 1. The van der Waals surface area contributed by atoms with Gasteiger partial charge in [-0.1, -0.05) is 0 Å². The Balaban J connectivity index is 2.18. The summed E-state index contributed by atoms with van der Waals surface area (Å²) >= 11 is 0. The molecule has 0 saturated carbocycles. The van der Waals surface area contributed by atoms with Crippen molar-refractivity contribution in [1.29, 1.82) is 0 Å². The molecule has 0 saturated heterocycles. The molecule has 0 radical (unpaired) electrons. The molecule has 0 spiro atoms. The summed E-state index contributed by atoms with van der Waals surface area (Å²) in [5, 5.41) is 13.4. The van der Waals surface area contributed by atoms with Gasteiger partial charge in [0.05, 0.1) is 11.9 Å². The molecule has 0 atom stereocenters. The van der Waals surface area contributed by atoms with Crippen molar-refractivity contribution in [3.63, 3.8) is 0 Å². The first kappa shape index (κ1) is 11.0. The summed E-state index contributed by atoms with van der Waals surface area (Å²) in [6, 6.07) is 3.72. The second-order valence-electron chi connectivity index (χ2n) is 4.41. The first-order chi connectivity index (χ1) is 8.77. The van der Waals surface area contributed by atoms with Crippen LogP contribution in [0.25, 0.3) is 5.69 Å². The third-order valence-electron chi connectivity index (χ3n) is 3.27. The van der Waals surface area contributed by atoms with Crippen molar-refractivity contribution in [1.82, 2.24) is 14.8 Å². The van der Waals surface area contributed by atoms with Crippen molar-refractivity contribution in [2.75, 3.05) is 0 Å². The highest BCUT2D eigenvalue weighted by Crippen LogP contribution is 2.26. The maximum absolute atomic E-state index is 11.2. The van der Waals surface area contributed by atoms with E-state index in [-0.39, 0.29) is 5.69 Å². The average molecular weight is 243 g/mol. The largest absolute Gasteiger partial charge is 0.476 e. The van der Waals surface area contributed by atoms with Crippen LogP contribution in [-0.4, -0.2) is 25.8 Å². The van der Waals surface area contributed by atoms with Gasteiger partial charge >= 0.3 is 5.97 Å². The van der Waals surface area contributed by atoms with E-state index >= 15 is 0 Å². The van der Waals surface area contributed by atoms with Gasteiger partial charge in [0.25, 0.3) is 0 Å². The van der Waals surface area contributed by atoms with Gasteiger partial charge in [0.2, 0.25) is 0 Å². The van der Waals surface area contributed by atoms with Crippen LogP contribution >= 0.6 is 0 Å². The fourth-order valence-electron chi connectivity index (χ4n) is 2.46. The van der Waals surface area contributed by atoms with Crippen LogP contribution < -0.4 is 0 Å². The Morgan fingerprint density at radius 3 is 2.89 bits per heavy atom. The van der Waals surface area contributed by atoms with Gasteiger partial charge in [-0.15, -0.1) is 0 Å². The van der Waals surface area contributed by atoms with E-state index in [1.54, 1.807) is 17.1 Å². The van der Waals surface area contributed by atoms with Gasteiger partial charge < -0.3 is 5.11 Å². The Morgan fingerprint density at radius 1 is 1.33 bits per heavy atom. The van der Waals surface area contributed by atoms with E-state index in [2.05, 4.69) is 10.1 Å². The highest BCUT2D eigenvalue weighted by atomic mass is 16.4. The molecule has 2 heterocycles. The van der Waals surface area contributed by atoms with Gasteiger partial charge in [0.15, 0.2) is 5.69 Å². The van der Waals surface area contributed by atoms with Crippen molar-refractivity contribution in [3.05, 3.63) is 41.5 Å². The number of nitrogens with zero attached hydrogens (tertiary/aromatic N) is 3. The minimum absolute atomic E-state index is 0.188. The molecule has 0 fully saturated rings. The lowest BCUT2D eigenvalue weighted by Crippen LogP contribution is -2.08. The third-order valence-corrected chi connectivity index (χ3v) is 3.27. The number of rotatable bonds is 2. The van der Waals surface area contributed by atoms with E-state index in [0.717, 1.165) is 42.6 Å². The van der Waals surface area contributed by atoms with Crippen LogP contribution in [-0.2, 0) is 12.8 Å². The van der Waals surface area contributed by atoms with Crippen LogP contribution in [0.1, 0.15) is 34.6 Å². The lowest BCUT2D eigenvalue weighted by atomic mass is 9.95. The number of carboxylic acid groups (broad SMARTS) is 1. The van der Waals surface area contributed by atoms with Crippen molar-refractivity contribution >= 4 is 5.97 Å². The number of hydrogen-bond donors (Lipinski definition) is 1. The molecule has 0 amide bonds. The number of aromatic carboxylic acids is 1. The monoisotopic (exact) mass is 243 g/mol. The van der Waals surface area contributed by atoms with Gasteiger partial charge in [0.1, 0.15) is 0 Å². The van der Waals surface area contributed by atoms with E-state index < -0.39 is 5.97 Å². The molecule has 0 aliphatic heterocycles. The smallest absolute Gasteiger partial charge is 0.356 e. The van der Waals surface area contributed by atoms with Gasteiger partial charge in [-0.05, 0) is 37.8 Å². The predicted octanol–water partition coefficient (Wildman–Crippen LogP) is 1.84. The van der Waals surface area contributed by atoms with Crippen LogP contribution in [0, 0.1) is 0 Å². The lowest BCUT2D eigenvalue weighted by molar-refractivity contribution is 0.0688. The van der Waals surface area contributed by atoms with Crippen molar-refractivity contribution in [2.24, 2.45) is 0 Å². The van der Waals surface area contributed by atoms with Crippen LogP contribution in [0.4, 0.5) is 0 Å². The van der Waals surface area contributed by atoms with E-state index in [4.69, 9.17) is 0 Å². The topological polar surface area (TPSA) is 68.0 Å². The number of pyridine rings is 1. The first-order valence-corrected chi connectivity index (χ1v) is 6.02. The average Bonchev–Trinajstić information content (AvgIpc) is 2.79. The molecule has 2 aromatic heterocycles. The van der Waals surface area contributed by atoms with Gasteiger partial charge in [-0.25, -0.2) is 9.48 Å². The molecule has 1 N–H and O–H groups in total. The van der Waals surface area contributed by atoms with Crippen LogP contribution in [0.15, 0.2) is 24.5 Å². The van der Waals surface area contributed by atoms with E-state index in [1.807, 2.05) is 12.1 Å². The molecule has 0 unspecified atom stereocenters. The molecule has 5 heteroatoms. The van der Waals surface area contributed by atoms with Crippen molar-refractivity contribution < 1.29 is 9.90 Å². The number of aromatic nitrogens is 3. The Morgan fingerprint density at radius 2 is 2.17 bits per heavy atom. The summed E-state index contributed by atoms with van der Waals surface area (Å²) in [4.78, 5) is 15.3. The van der Waals surface area contributed by atoms with Crippen molar-refractivity contribution in [2.45, 2.75) is 25.7 Å². The molecule has 1 aliphatic carbocycles. The molecule has 3 rings (SSSR count). The summed E-state index contributed by atoms with van der Waals surface area (Å²) in [5.74, 6) is -0.948. The molecule has 0 bridgehead atoms. The zero-order valence-corrected chi connectivity index (χ0v) is 9.83. The number of carboxylic acids is 1. The number of hydrogen-bond acceptors (Lipinski definition) is 3. The quantitative estimate of drug-likeness (QED) is 0.873. The Labute approximate surface area is 104 Å². The Bertz CT molecular complexity index is 590. The van der Waals surface area contributed by atoms with E-state index in [9.17, 15) is 9.90 Å². The molecular weight excluding hydrogens is 230 g/mol. The normalized spacial score (nSPS) is 14.2. The summed E-state index contributed by atoms with van der Waals surface area (Å²) in [6.07, 6.45) is 7.19. The maximum Gasteiger partial charge on any atom is 0.356 e. The highest BCUT2D eigenvalue weighted by molar-refractivity contribution is 5.87. The standard InChI is InChI=1S/C13H13N3O2/c17-13(18)12-10-5-1-2-6-11(10)16(15-12)9-4-3-7-14-8-9/h3-4,7-8H,1-2,5-6H2,(H,17,18). The van der Waals surface area contributed by atoms with Crippen LogP contribution in [0.5, 0.6) is 0 Å². The zero-order chi connectivity index (χ0) is 12.5. The maximum atomic E-state index is 11.2. The summed E-state index contributed by atoms with van der Waals surface area (Å²) in [5.41, 5.74) is 2.92. The third kappa shape index (κ3) is 1.68. The predicted molar refractivity (Wildman–Crippen MR) is 65.0 cm³/mol. The van der Waals surface area contributed by atoms with Gasteiger partial charge in [-0.2, -0.15) is 5.10 Å². The van der Waals surface area contributed by atoms with E-state index in [1.165, 1.54) is 0 Å². The fourth-order valence-corrected chi connectivity index (χ4v) is 2.46. The molecule has 0 aromatic carbocycles. The molecule has 1 aliphatic rings. The SMILES string of the molecule is O=C(O)c1nn(-c2cccnc2)c2c1CCCC2. The molecule has 2 aromatic rings. The van der Waals surface area contributed by atoms with Crippen LogP contribution in [0.3, 0.4) is 0 Å². The van der Waals surface area contributed by atoms with Gasteiger partial charge in [0, 0.05) is 17.5 Å². The minimum atomic E-state index is -0.948. The number of fused-ring (bicyclic) bond motifs is 1. The molecule has 5 nitrogen and oxygen atoms in total. The minimum Gasteiger partial charge on any atom is -0.476 e. The summed E-state index contributed by atoms with van der Waals surface area (Å²) < 4.78 is 1.73. The van der Waals surface area contributed by atoms with E-state index in [0.29, 0.717) is 0 Å². The van der Waals surface area contributed by atoms with Gasteiger partial charge in [-0.3, -0.25) is 4.98 Å². The first-order valence-electron chi connectivity index (χ1n) is 6.02. The zero-order valence-electron chi connectivity index (χ0n) is 9.83. The van der Waals surface area contributed by atoms with Crippen LogP contribution in [0.2, 0.25) is 0 Å². The fraction of sp³-hybridized carbons (Fsp3) is 0.308. The Kier molecular flexibility index (Phi) is 2.59. The lowest BCUT2D eigenvalue weighted by Gasteiger charge is -2.13.